The summed E-state index contributed by atoms with van der Waals surface area (Å²) in [5.41, 5.74) is 0.762. The number of aromatic nitrogens is 1. The van der Waals surface area contributed by atoms with Crippen molar-refractivity contribution in [1.29, 1.82) is 0 Å². The van der Waals surface area contributed by atoms with E-state index in [0.29, 0.717) is 46.3 Å². The summed E-state index contributed by atoms with van der Waals surface area (Å²) in [4.78, 5) is 25.6. The van der Waals surface area contributed by atoms with Crippen molar-refractivity contribution in [1.82, 2.24) is 4.57 Å². The first-order chi connectivity index (χ1) is 12.6. The lowest BCUT2D eigenvalue weighted by atomic mass is 10.1. The lowest BCUT2D eigenvalue weighted by Crippen LogP contribution is -2.26. The van der Waals surface area contributed by atoms with Crippen LogP contribution in [0.25, 0.3) is 10.9 Å². The standard InChI is InChI=1S/C19H15ClN2O4/c1-25-12-4-2-3-11(9-12)21-19(24)13-10-22-7-8-26-15-6-5-14(20)16(17(15)22)18(13)23/h2-6,9-10H,7-8H2,1H3,(H,21,24). The van der Waals surface area contributed by atoms with Crippen LogP contribution in [-0.4, -0.2) is 24.2 Å². The lowest BCUT2D eigenvalue weighted by Gasteiger charge is -2.22. The molecule has 4 rings (SSSR count). The van der Waals surface area contributed by atoms with E-state index in [9.17, 15) is 9.59 Å². The van der Waals surface area contributed by atoms with Crippen LogP contribution in [0.4, 0.5) is 5.69 Å². The molecule has 0 bridgehead atoms. The number of ether oxygens (including phenoxy) is 2. The van der Waals surface area contributed by atoms with Gasteiger partial charge in [-0.3, -0.25) is 9.59 Å². The molecule has 2 heterocycles. The first-order valence-corrected chi connectivity index (χ1v) is 8.40. The quantitative estimate of drug-likeness (QED) is 0.768. The van der Waals surface area contributed by atoms with E-state index >= 15 is 0 Å². The number of halogens is 1. The third-order valence-corrected chi connectivity index (χ3v) is 4.61. The Kier molecular flexibility index (Phi) is 4.05. The molecular weight excluding hydrogens is 356 g/mol. The Bertz CT molecular complexity index is 1090. The minimum Gasteiger partial charge on any atom is -0.497 e. The van der Waals surface area contributed by atoms with Crippen molar-refractivity contribution >= 4 is 34.1 Å². The summed E-state index contributed by atoms with van der Waals surface area (Å²) >= 11 is 6.25. The van der Waals surface area contributed by atoms with Gasteiger partial charge in [0.15, 0.2) is 0 Å². The molecule has 2 aromatic carbocycles. The molecule has 1 amide bonds. The monoisotopic (exact) mass is 370 g/mol. The van der Waals surface area contributed by atoms with E-state index in [1.807, 2.05) is 4.57 Å². The van der Waals surface area contributed by atoms with Crippen LogP contribution >= 0.6 is 11.6 Å². The molecule has 1 aromatic heterocycles. The highest BCUT2D eigenvalue weighted by Crippen LogP contribution is 2.32. The van der Waals surface area contributed by atoms with Gasteiger partial charge in [0, 0.05) is 18.0 Å². The molecule has 0 spiro atoms. The van der Waals surface area contributed by atoms with Gasteiger partial charge >= 0.3 is 0 Å². The normalized spacial score (nSPS) is 12.5. The molecule has 0 aliphatic carbocycles. The molecular formula is C19H15ClN2O4. The van der Waals surface area contributed by atoms with Gasteiger partial charge in [-0.25, -0.2) is 0 Å². The van der Waals surface area contributed by atoms with Crippen molar-refractivity contribution in [2.24, 2.45) is 0 Å². The molecule has 0 saturated carbocycles. The van der Waals surface area contributed by atoms with E-state index in [0.717, 1.165) is 0 Å². The molecule has 0 saturated heterocycles. The number of benzene rings is 2. The van der Waals surface area contributed by atoms with Crippen LogP contribution < -0.4 is 20.2 Å². The zero-order valence-corrected chi connectivity index (χ0v) is 14.7. The summed E-state index contributed by atoms with van der Waals surface area (Å²) in [6.45, 7) is 0.993. The van der Waals surface area contributed by atoms with Crippen molar-refractivity contribution in [3.05, 3.63) is 63.4 Å². The van der Waals surface area contributed by atoms with Gasteiger partial charge in [-0.05, 0) is 24.3 Å². The van der Waals surface area contributed by atoms with E-state index in [1.165, 1.54) is 0 Å². The zero-order chi connectivity index (χ0) is 18.3. The SMILES string of the molecule is COc1cccc(NC(=O)c2cn3c4c(ccc(Cl)c4c2=O)OCC3)c1. The van der Waals surface area contributed by atoms with E-state index in [-0.39, 0.29) is 5.56 Å². The average Bonchev–Trinajstić information content (AvgIpc) is 2.65. The Balaban J connectivity index is 1.82. The maximum absolute atomic E-state index is 12.9. The number of amides is 1. The van der Waals surface area contributed by atoms with Crippen LogP contribution in [0.5, 0.6) is 11.5 Å². The maximum atomic E-state index is 12.9. The minimum atomic E-state index is -0.498. The van der Waals surface area contributed by atoms with Crippen LogP contribution in [0.1, 0.15) is 10.4 Å². The van der Waals surface area contributed by atoms with Gasteiger partial charge in [-0.15, -0.1) is 0 Å². The Morgan fingerprint density at radius 2 is 2.15 bits per heavy atom. The van der Waals surface area contributed by atoms with Crippen LogP contribution in [0.15, 0.2) is 47.4 Å². The fourth-order valence-corrected chi connectivity index (χ4v) is 3.31. The van der Waals surface area contributed by atoms with Crippen molar-refractivity contribution in [2.75, 3.05) is 19.0 Å². The van der Waals surface area contributed by atoms with Gasteiger partial charge in [-0.1, -0.05) is 17.7 Å². The van der Waals surface area contributed by atoms with Crippen LogP contribution in [0.2, 0.25) is 5.02 Å². The number of hydrogen-bond acceptors (Lipinski definition) is 4. The number of anilines is 1. The molecule has 6 nitrogen and oxygen atoms in total. The lowest BCUT2D eigenvalue weighted by molar-refractivity contribution is 0.102. The second-order valence-electron chi connectivity index (χ2n) is 5.87. The number of carbonyl (C=O) groups is 1. The molecule has 0 unspecified atom stereocenters. The predicted molar refractivity (Wildman–Crippen MR) is 99.7 cm³/mol. The van der Waals surface area contributed by atoms with Gasteiger partial charge in [0.2, 0.25) is 5.43 Å². The highest BCUT2D eigenvalue weighted by Gasteiger charge is 2.22. The molecule has 1 aliphatic heterocycles. The summed E-state index contributed by atoms with van der Waals surface area (Å²) in [6, 6.07) is 10.3. The Morgan fingerprint density at radius 3 is 2.96 bits per heavy atom. The van der Waals surface area contributed by atoms with E-state index in [4.69, 9.17) is 21.1 Å². The smallest absolute Gasteiger partial charge is 0.261 e. The molecule has 0 fully saturated rings. The molecule has 0 radical (unpaired) electrons. The third kappa shape index (κ3) is 2.68. The number of carbonyl (C=O) groups excluding carboxylic acids is 1. The largest absolute Gasteiger partial charge is 0.497 e. The maximum Gasteiger partial charge on any atom is 0.261 e. The second kappa shape index (κ2) is 6.38. The number of pyridine rings is 1. The van der Waals surface area contributed by atoms with Gasteiger partial charge in [0.25, 0.3) is 5.91 Å². The van der Waals surface area contributed by atoms with Gasteiger partial charge < -0.3 is 19.4 Å². The van der Waals surface area contributed by atoms with Crippen LogP contribution in [0.3, 0.4) is 0 Å². The fraction of sp³-hybridized carbons (Fsp3) is 0.158. The molecule has 26 heavy (non-hydrogen) atoms. The van der Waals surface area contributed by atoms with E-state index in [2.05, 4.69) is 5.32 Å². The number of methoxy groups -OCH3 is 1. The van der Waals surface area contributed by atoms with Crippen molar-refractivity contribution < 1.29 is 14.3 Å². The molecule has 0 atom stereocenters. The number of nitrogens with zero attached hydrogens (tertiary/aromatic N) is 1. The first kappa shape index (κ1) is 16.5. The molecule has 3 aromatic rings. The Morgan fingerprint density at radius 1 is 1.31 bits per heavy atom. The predicted octanol–water partition coefficient (Wildman–Crippen LogP) is 3.31. The minimum absolute atomic E-state index is 0.0290. The summed E-state index contributed by atoms with van der Waals surface area (Å²) in [7, 11) is 1.54. The summed E-state index contributed by atoms with van der Waals surface area (Å²) in [5, 5.41) is 3.32. The van der Waals surface area contributed by atoms with E-state index in [1.54, 1.807) is 49.7 Å². The zero-order valence-electron chi connectivity index (χ0n) is 13.9. The Labute approximate surface area is 153 Å². The summed E-state index contributed by atoms with van der Waals surface area (Å²) in [5.74, 6) is 0.701. The van der Waals surface area contributed by atoms with Crippen LogP contribution in [0, 0.1) is 0 Å². The molecule has 132 valence electrons. The molecule has 1 N–H and O–H groups in total. The number of hydrogen-bond donors (Lipinski definition) is 1. The van der Waals surface area contributed by atoms with Crippen molar-refractivity contribution in [3.63, 3.8) is 0 Å². The topological polar surface area (TPSA) is 69.6 Å². The van der Waals surface area contributed by atoms with Gasteiger partial charge in [0.05, 0.1) is 29.6 Å². The summed E-state index contributed by atoms with van der Waals surface area (Å²) < 4.78 is 12.6. The van der Waals surface area contributed by atoms with Crippen LogP contribution in [-0.2, 0) is 6.54 Å². The van der Waals surface area contributed by atoms with Crippen molar-refractivity contribution in [2.45, 2.75) is 6.54 Å². The highest BCUT2D eigenvalue weighted by atomic mass is 35.5. The fourth-order valence-electron chi connectivity index (χ4n) is 3.07. The number of nitrogens with one attached hydrogen (secondary N) is 1. The average molecular weight is 371 g/mol. The second-order valence-corrected chi connectivity index (χ2v) is 6.28. The van der Waals surface area contributed by atoms with Crippen molar-refractivity contribution in [3.8, 4) is 11.5 Å². The third-order valence-electron chi connectivity index (χ3n) is 4.30. The van der Waals surface area contributed by atoms with Gasteiger partial charge in [-0.2, -0.15) is 0 Å². The van der Waals surface area contributed by atoms with E-state index < -0.39 is 11.3 Å². The molecule has 7 heteroatoms. The number of rotatable bonds is 3. The Hall–Kier alpha value is -2.99. The highest BCUT2D eigenvalue weighted by molar-refractivity contribution is 6.35. The van der Waals surface area contributed by atoms with Gasteiger partial charge in [0.1, 0.15) is 23.7 Å². The summed E-state index contributed by atoms with van der Waals surface area (Å²) in [6.07, 6.45) is 1.56. The first-order valence-electron chi connectivity index (χ1n) is 8.02. The molecule has 1 aliphatic rings.